The van der Waals surface area contributed by atoms with E-state index < -0.39 is 5.76 Å². The summed E-state index contributed by atoms with van der Waals surface area (Å²) in [6.07, 6.45) is 0. The van der Waals surface area contributed by atoms with Crippen molar-refractivity contribution in [2.45, 2.75) is 13.8 Å². The predicted molar refractivity (Wildman–Crippen MR) is 74.4 cm³/mol. The lowest BCUT2D eigenvalue weighted by atomic mass is 10.1. The summed E-state index contributed by atoms with van der Waals surface area (Å²) in [5.74, 6) is -0.257. The van der Waals surface area contributed by atoms with Crippen molar-refractivity contribution >= 4 is 17.2 Å². The Kier molecular flexibility index (Phi) is 3.02. The molecule has 0 unspecified atom stereocenters. The molecule has 3 aromatic rings. The van der Waals surface area contributed by atoms with Gasteiger partial charge >= 0.3 is 5.76 Å². The second-order valence-electron chi connectivity index (χ2n) is 4.33. The van der Waals surface area contributed by atoms with Crippen LogP contribution >= 0.6 is 11.6 Å². The molecule has 0 aliphatic carbocycles. The highest BCUT2D eigenvalue weighted by molar-refractivity contribution is 6.33. The van der Waals surface area contributed by atoms with Gasteiger partial charge in [0.15, 0.2) is 5.65 Å². The fraction of sp³-hybridized carbons (Fsp3) is 0.231. The van der Waals surface area contributed by atoms with E-state index in [-0.39, 0.29) is 0 Å². The van der Waals surface area contributed by atoms with Gasteiger partial charge in [-0.15, -0.1) is 9.61 Å². The lowest BCUT2D eigenvalue weighted by Crippen LogP contribution is -2.06. The quantitative estimate of drug-likeness (QED) is 0.806. The SMILES string of the molecule is CCOc1nn2c(=O)o[nH]c2c1-c1ccc(C)cc1Cl. The van der Waals surface area contributed by atoms with Gasteiger partial charge in [-0.1, -0.05) is 23.7 Å². The third-order valence-corrected chi connectivity index (χ3v) is 3.25. The topological polar surface area (TPSA) is 72.5 Å². The third kappa shape index (κ3) is 1.89. The van der Waals surface area contributed by atoms with Gasteiger partial charge in [-0.3, -0.25) is 0 Å². The van der Waals surface area contributed by atoms with E-state index in [1.807, 2.05) is 32.0 Å². The van der Waals surface area contributed by atoms with Gasteiger partial charge < -0.3 is 9.26 Å². The smallest absolute Gasteiger partial charge is 0.461 e. The number of aromatic amines is 1. The Labute approximate surface area is 118 Å². The molecule has 0 bridgehead atoms. The second kappa shape index (κ2) is 4.72. The Morgan fingerprint density at radius 3 is 3.00 bits per heavy atom. The van der Waals surface area contributed by atoms with E-state index in [4.69, 9.17) is 20.9 Å². The standard InChI is InChI=1S/C13H12ClN3O3/c1-3-19-12-10(8-5-4-7(2)6-9(8)14)11-16-20-13(18)17(11)15-12/h4-6,16H,3H2,1-2H3. The summed E-state index contributed by atoms with van der Waals surface area (Å²) in [5, 5.41) is 7.21. The molecule has 1 N–H and O–H groups in total. The molecule has 0 aliphatic rings. The van der Waals surface area contributed by atoms with Crippen molar-refractivity contribution in [1.82, 2.24) is 14.8 Å². The Morgan fingerprint density at radius 2 is 2.30 bits per heavy atom. The molecule has 0 atom stereocenters. The summed E-state index contributed by atoms with van der Waals surface area (Å²) in [4.78, 5) is 11.5. The molecule has 1 aromatic carbocycles. The molecule has 104 valence electrons. The Hall–Kier alpha value is -2.21. The number of halogens is 1. The predicted octanol–water partition coefficient (Wildman–Crippen LogP) is 2.64. The van der Waals surface area contributed by atoms with E-state index in [9.17, 15) is 4.79 Å². The maximum absolute atomic E-state index is 11.5. The maximum Gasteiger partial charge on any atom is 0.461 e. The van der Waals surface area contributed by atoms with Crippen LogP contribution in [-0.4, -0.2) is 21.4 Å². The van der Waals surface area contributed by atoms with E-state index in [2.05, 4.69) is 10.3 Å². The Morgan fingerprint density at radius 1 is 1.50 bits per heavy atom. The molecule has 0 saturated heterocycles. The van der Waals surface area contributed by atoms with Crippen LogP contribution in [0.2, 0.25) is 5.02 Å². The first kappa shape index (κ1) is 12.8. The molecular formula is C13H12ClN3O3. The van der Waals surface area contributed by atoms with Crippen LogP contribution < -0.4 is 10.5 Å². The Balaban J connectivity index is 2.32. The van der Waals surface area contributed by atoms with Crippen LogP contribution in [-0.2, 0) is 0 Å². The molecular weight excluding hydrogens is 282 g/mol. The van der Waals surface area contributed by atoms with Crippen LogP contribution in [0.25, 0.3) is 16.8 Å². The summed E-state index contributed by atoms with van der Waals surface area (Å²) in [6.45, 7) is 4.23. The van der Waals surface area contributed by atoms with Crippen molar-refractivity contribution in [3.8, 4) is 17.0 Å². The first-order valence-corrected chi connectivity index (χ1v) is 6.49. The first-order valence-electron chi connectivity index (χ1n) is 6.11. The number of nitrogens with zero attached hydrogens (tertiary/aromatic N) is 2. The monoisotopic (exact) mass is 293 g/mol. The zero-order chi connectivity index (χ0) is 14.3. The lowest BCUT2D eigenvalue weighted by molar-refractivity contribution is 0.322. The number of fused-ring (bicyclic) bond motifs is 1. The molecule has 2 aromatic heterocycles. The van der Waals surface area contributed by atoms with Gasteiger partial charge in [-0.25, -0.2) is 4.79 Å². The maximum atomic E-state index is 11.5. The van der Waals surface area contributed by atoms with Crippen molar-refractivity contribution in [1.29, 1.82) is 0 Å². The van der Waals surface area contributed by atoms with Crippen LogP contribution in [0.5, 0.6) is 5.88 Å². The summed E-state index contributed by atoms with van der Waals surface area (Å²) in [5.41, 5.74) is 2.81. The number of hydrogen-bond donors (Lipinski definition) is 1. The van der Waals surface area contributed by atoms with Crippen LogP contribution in [0, 0.1) is 6.92 Å². The second-order valence-corrected chi connectivity index (χ2v) is 4.73. The highest BCUT2D eigenvalue weighted by Gasteiger charge is 2.21. The molecule has 0 saturated carbocycles. The van der Waals surface area contributed by atoms with Crippen LogP contribution in [0.1, 0.15) is 12.5 Å². The number of rotatable bonds is 3. The number of hydrogen-bond acceptors (Lipinski definition) is 4. The van der Waals surface area contributed by atoms with Crippen molar-refractivity contribution in [2.24, 2.45) is 0 Å². The van der Waals surface area contributed by atoms with E-state index in [0.29, 0.717) is 28.7 Å². The van der Waals surface area contributed by atoms with Crippen molar-refractivity contribution in [2.75, 3.05) is 6.61 Å². The lowest BCUT2D eigenvalue weighted by Gasteiger charge is -2.06. The Bertz CT molecular complexity index is 831. The summed E-state index contributed by atoms with van der Waals surface area (Å²) in [7, 11) is 0. The van der Waals surface area contributed by atoms with E-state index in [1.54, 1.807) is 0 Å². The highest BCUT2D eigenvalue weighted by atomic mass is 35.5. The number of aromatic nitrogens is 3. The molecule has 0 radical (unpaired) electrons. The average Bonchev–Trinajstić information content (AvgIpc) is 2.92. The number of benzene rings is 1. The first-order chi connectivity index (χ1) is 9.61. The van der Waals surface area contributed by atoms with Gasteiger partial charge in [0, 0.05) is 10.6 Å². The third-order valence-electron chi connectivity index (χ3n) is 2.94. The molecule has 0 fully saturated rings. The van der Waals surface area contributed by atoms with Gasteiger partial charge in [0.2, 0.25) is 5.88 Å². The van der Waals surface area contributed by atoms with E-state index >= 15 is 0 Å². The van der Waals surface area contributed by atoms with Crippen molar-refractivity contribution in [3.63, 3.8) is 0 Å². The normalized spacial score (nSPS) is 11.2. The molecule has 0 spiro atoms. The fourth-order valence-corrected chi connectivity index (χ4v) is 2.39. The van der Waals surface area contributed by atoms with Crippen LogP contribution in [0.4, 0.5) is 0 Å². The molecule has 20 heavy (non-hydrogen) atoms. The van der Waals surface area contributed by atoms with Crippen LogP contribution in [0.15, 0.2) is 27.5 Å². The molecule has 0 amide bonds. The summed E-state index contributed by atoms with van der Waals surface area (Å²) >= 11 is 6.29. The zero-order valence-electron chi connectivity index (χ0n) is 10.9. The van der Waals surface area contributed by atoms with Crippen LogP contribution in [0.3, 0.4) is 0 Å². The number of aryl methyl sites for hydroxylation is 1. The highest BCUT2D eigenvalue weighted by Crippen LogP contribution is 2.37. The fourth-order valence-electron chi connectivity index (χ4n) is 2.06. The number of ether oxygens (including phenoxy) is 1. The number of H-pyrrole nitrogens is 1. The molecule has 2 heterocycles. The van der Waals surface area contributed by atoms with Gasteiger partial charge in [0.1, 0.15) is 0 Å². The minimum absolute atomic E-state index is 0.345. The zero-order valence-corrected chi connectivity index (χ0v) is 11.7. The van der Waals surface area contributed by atoms with Gasteiger partial charge in [0.05, 0.1) is 12.2 Å². The van der Waals surface area contributed by atoms with Gasteiger partial charge in [0.25, 0.3) is 0 Å². The molecule has 0 aliphatic heterocycles. The summed E-state index contributed by atoms with van der Waals surface area (Å²) in [6, 6.07) is 5.63. The summed E-state index contributed by atoms with van der Waals surface area (Å²) < 4.78 is 11.3. The van der Waals surface area contributed by atoms with Gasteiger partial charge in [-0.2, -0.15) is 5.16 Å². The molecule has 7 heteroatoms. The van der Waals surface area contributed by atoms with Gasteiger partial charge in [-0.05, 0) is 25.5 Å². The largest absolute Gasteiger partial charge is 0.476 e. The average molecular weight is 294 g/mol. The number of nitrogens with one attached hydrogen (secondary N) is 1. The minimum atomic E-state index is -0.601. The van der Waals surface area contributed by atoms with Crippen molar-refractivity contribution < 1.29 is 9.26 Å². The van der Waals surface area contributed by atoms with E-state index in [0.717, 1.165) is 15.6 Å². The molecule has 3 rings (SSSR count). The van der Waals surface area contributed by atoms with Crippen molar-refractivity contribution in [3.05, 3.63) is 39.3 Å². The van der Waals surface area contributed by atoms with E-state index in [1.165, 1.54) is 0 Å². The molecule has 6 nitrogen and oxygen atoms in total. The minimum Gasteiger partial charge on any atom is -0.476 e.